The highest BCUT2D eigenvalue weighted by Crippen LogP contribution is 2.27. The van der Waals surface area contributed by atoms with E-state index in [4.69, 9.17) is 0 Å². The molecule has 17 heavy (non-hydrogen) atoms. The van der Waals surface area contributed by atoms with Crippen molar-refractivity contribution in [2.24, 2.45) is 4.99 Å². The summed E-state index contributed by atoms with van der Waals surface area (Å²) < 4.78 is 0. The molecule has 0 fully saturated rings. The van der Waals surface area contributed by atoms with Crippen LogP contribution in [0.5, 0.6) is 0 Å². The van der Waals surface area contributed by atoms with E-state index in [2.05, 4.69) is 44.1 Å². The first-order valence-corrected chi connectivity index (χ1v) is 7.90. The third-order valence-electron chi connectivity index (χ3n) is 3.00. The average molecular weight is 268 g/mol. The number of nitrogens with zero attached hydrogens (tertiary/aromatic N) is 1. The number of amidine groups is 1. The second-order valence-corrected chi connectivity index (χ2v) is 7.20. The van der Waals surface area contributed by atoms with Crippen LogP contribution in [0.3, 0.4) is 0 Å². The van der Waals surface area contributed by atoms with Crippen molar-refractivity contribution in [2.75, 3.05) is 5.75 Å². The quantitative estimate of drug-likeness (QED) is 0.880. The Labute approximate surface area is 112 Å². The largest absolute Gasteiger partial charge is 0.358 e. The van der Waals surface area contributed by atoms with E-state index < -0.39 is 0 Å². The van der Waals surface area contributed by atoms with E-state index in [1.807, 2.05) is 23.1 Å². The number of aliphatic imine (C=N–C) groups is 1. The van der Waals surface area contributed by atoms with Crippen molar-refractivity contribution in [2.45, 2.75) is 46.2 Å². The first kappa shape index (κ1) is 13.0. The fraction of sp³-hybridized carbons (Fsp3) is 0.615. The van der Waals surface area contributed by atoms with E-state index in [1.54, 1.807) is 0 Å². The molecule has 0 spiro atoms. The lowest BCUT2D eigenvalue weighted by molar-refractivity contribution is 0.682. The molecule has 2 atom stereocenters. The Morgan fingerprint density at radius 1 is 1.47 bits per heavy atom. The molecule has 94 valence electrons. The molecule has 1 aromatic heterocycles. The molecule has 0 radical (unpaired) electrons. The Morgan fingerprint density at radius 2 is 2.24 bits per heavy atom. The molecule has 1 N–H and O–H groups in total. The fourth-order valence-corrected chi connectivity index (χ4v) is 4.24. The van der Waals surface area contributed by atoms with Gasteiger partial charge in [-0.05, 0) is 45.7 Å². The van der Waals surface area contributed by atoms with Gasteiger partial charge in [0.15, 0.2) is 5.17 Å². The van der Waals surface area contributed by atoms with E-state index in [-0.39, 0.29) is 0 Å². The first-order chi connectivity index (χ1) is 8.06. The van der Waals surface area contributed by atoms with Crippen LogP contribution in [0.1, 0.15) is 41.6 Å². The molecular formula is C13H20N2S2. The summed E-state index contributed by atoms with van der Waals surface area (Å²) in [5.74, 6) is 1.18. The van der Waals surface area contributed by atoms with Crippen LogP contribution in [0.2, 0.25) is 0 Å². The van der Waals surface area contributed by atoms with Gasteiger partial charge in [-0.25, -0.2) is 0 Å². The molecular weight excluding hydrogens is 248 g/mol. The number of aryl methyl sites for hydroxylation is 2. The molecule has 2 rings (SSSR count). The van der Waals surface area contributed by atoms with Crippen LogP contribution in [0.25, 0.3) is 0 Å². The van der Waals surface area contributed by atoms with Crippen molar-refractivity contribution in [3.05, 3.63) is 21.4 Å². The lowest BCUT2D eigenvalue weighted by Crippen LogP contribution is -2.28. The zero-order valence-corrected chi connectivity index (χ0v) is 12.5. The summed E-state index contributed by atoms with van der Waals surface area (Å²) in [5, 5.41) is 4.65. The smallest absolute Gasteiger partial charge is 0.157 e. The highest BCUT2D eigenvalue weighted by Gasteiger charge is 2.16. The zero-order chi connectivity index (χ0) is 12.4. The molecule has 2 nitrogen and oxygen atoms in total. The van der Waals surface area contributed by atoms with Crippen LogP contribution in [-0.4, -0.2) is 17.0 Å². The topological polar surface area (TPSA) is 24.4 Å². The van der Waals surface area contributed by atoms with Gasteiger partial charge >= 0.3 is 0 Å². The van der Waals surface area contributed by atoms with Crippen LogP contribution in [-0.2, 0) is 0 Å². The van der Waals surface area contributed by atoms with Crippen LogP contribution in [0, 0.1) is 13.8 Å². The third kappa shape index (κ3) is 3.26. The molecule has 0 aliphatic carbocycles. The minimum absolute atomic E-state index is 0.358. The lowest BCUT2D eigenvalue weighted by Gasteiger charge is -2.21. The van der Waals surface area contributed by atoms with Crippen molar-refractivity contribution in [3.63, 3.8) is 0 Å². The van der Waals surface area contributed by atoms with Crippen molar-refractivity contribution in [1.82, 2.24) is 5.32 Å². The van der Waals surface area contributed by atoms with Gasteiger partial charge in [0, 0.05) is 15.5 Å². The third-order valence-corrected chi connectivity index (χ3v) is 4.92. The maximum Gasteiger partial charge on any atom is 0.157 e. The molecule has 0 aromatic carbocycles. The number of thiophene rings is 1. The van der Waals surface area contributed by atoms with Gasteiger partial charge in [0.1, 0.15) is 0 Å². The van der Waals surface area contributed by atoms with Gasteiger partial charge in [-0.3, -0.25) is 4.99 Å². The molecule has 4 heteroatoms. The summed E-state index contributed by atoms with van der Waals surface area (Å²) in [6.45, 7) is 8.77. The summed E-state index contributed by atoms with van der Waals surface area (Å²) in [6.07, 6.45) is 1.20. The Morgan fingerprint density at radius 3 is 2.82 bits per heavy atom. The zero-order valence-electron chi connectivity index (χ0n) is 10.9. The molecule has 2 heterocycles. The standard InChI is InChI=1S/C13H20N2S2/c1-8-5-6-16-13(14-8)15-10(3)12-7-9(2)17-11(12)4/h7-8,10H,5-6H2,1-4H3,(H,14,15). The summed E-state index contributed by atoms with van der Waals surface area (Å²) in [6, 6.07) is 3.11. The molecule has 1 aliphatic rings. The molecule has 1 aromatic rings. The van der Waals surface area contributed by atoms with Crippen molar-refractivity contribution in [3.8, 4) is 0 Å². The number of rotatable bonds is 2. The molecule has 0 saturated heterocycles. The second kappa shape index (κ2) is 5.44. The maximum absolute atomic E-state index is 4.66. The Kier molecular flexibility index (Phi) is 4.15. The van der Waals surface area contributed by atoms with Gasteiger partial charge < -0.3 is 5.32 Å². The Bertz CT molecular complexity index is 423. The molecule has 0 bridgehead atoms. The summed E-state index contributed by atoms with van der Waals surface area (Å²) in [4.78, 5) is 7.46. The van der Waals surface area contributed by atoms with Crippen molar-refractivity contribution in [1.29, 1.82) is 0 Å². The molecule has 0 amide bonds. The predicted octanol–water partition coefficient (Wildman–Crippen LogP) is 3.90. The first-order valence-electron chi connectivity index (χ1n) is 6.10. The maximum atomic E-state index is 4.66. The van der Waals surface area contributed by atoms with E-state index in [0.29, 0.717) is 12.1 Å². The fourth-order valence-electron chi connectivity index (χ4n) is 2.05. The summed E-state index contributed by atoms with van der Waals surface area (Å²) in [7, 11) is 0. The van der Waals surface area contributed by atoms with Crippen LogP contribution >= 0.6 is 23.1 Å². The number of nitrogens with one attached hydrogen (secondary N) is 1. The molecule has 2 unspecified atom stereocenters. The minimum atomic E-state index is 0.358. The Balaban J connectivity index is 2.06. The highest BCUT2D eigenvalue weighted by molar-refractivity contribution is 8.13. The van der Waals surface area contributed by atoms with Gasteiger partial charge in [0.2, 0.25) is 0 Å². The van der Waals surface area contributed by atoms with E-state index in [0.717, 1.165) is 5.17 Å². The van der Waals surface area contributed by atoms with Crippen LogP contribution in [0.4, 0.5) is 0 Å². The summed E-state index contributed by atoms with van der Waals surface area (Å²) >= 11 is 3.72. The highest BCUT2D eigenvalue weighted by atomic mass is 32.2. The number of hydrogen-bond donors (Lipinski definition) is 1. The van der Waals surface area contributed by atoms with Gasteiger partial charge in [0.05, 0.1) is 12.1 Å². The predicted molar refractivity (Wildman–Crippen MR) is 79.3 cm³/mol. The minimum Gasteiger partial charge on any atom is -0.358 e. The van der Waals surface area contributed by atoms with Gasteiger partial charge in [-0.1, -0.05) is 11.8 Å². The lowest BCUT2D eigenvalue weighted by atomic mass is 10.1. The Hall–Kier alpha value is -0.480. The van der Waals surface area contributed by atoms with E-state index >= 15 is 0 Å². The molecule has 1 aliphatic heterocycles. The monoisotopic (exact) mass is 268 g/mol. The van der Waals surface area contributed by atoms with Gasteiger partial charge in [-0.15, -0.1) is 11.3 Å². The van der Waals surface area contributed by atoms with Gasteiger partial charge in [0.25, 0.3) is 0 Å². The van der Waals surface area contributed by atoms with Crippen molar-refractivity contribution >= 4 is 28.3 Å². The number of thioether (sulfide) groups is 1. The van der Waals surface area contributed by atoms with E-state index in [1.165, 1.54) is 27.5 Å². The van der Waals surface area contributed by atoms with Crippen LogP contribution < -0.4 is 5.32 Å². The normalized spacial score (nSPS) is 22.1. The molecule has 0 saturated carbocycles. The van der Waals surface area contributed by atoms with Gasteiger partial charge in [-0.2, -0.15) is 0 Å². The van der Waals surface area contributed by atoms with Crippen LogP contribution in [0.15, 0.2) is 11.1 Å². The summed E-state index contributed by atoms with van der Waals surface area (Å²) in [5.41, 5.74) is 1.41. The van der Waals surface area contributed by atoms with Crippen molar-refractivity contribution < 1.29 is 0 Å². The average Bonchev–Trinajstić information content (AvgIpc) is 2.58. The number of hydrogen-bond acceptors (Lipinski definition) is 4. The SMILES string of the molecule is Cc1cc(C(C)NC2=NC(C)CCS2)c(C)s1. The van der Waals surface area contributed by atoms with E-state index in [9.17, 15) is 0 Å². The second-order valence-electron chi connectivity index (χ2n) is 4.66.